The summed E-state index contributed by atoms with van der Waals surface area (Å²) in [5.74, 6) is 1.74. The number of hydrogen-bond donors (Lipinski definition) is 1. The highest BCUT2D eigenvalue weighted by Gasteiger charge is 2.09. The van der Waals surface area contributed by atoms with Crippen LogP contribution in [-0.4, -0.2) is 16.5 Å². The van der Waals surface area contributed by atoms with E-state index in [1.165, 1.54) is 0 Å². The van der Waals surface area contributed by atoms with Crippen LogP contribution in [0.5, 0.6) is 11.6 Å². The van der Waals surface area contributed by atoms with E-state index >= 15 is 0 Å². The highest BCUT2D eigenvalue weighted by atomic mass is 79.9. The number of nitrogens with zero attached hydrogens (tertiary/aromatic N) is 2. The van der Waals surface area contributed by atoms with E-state index in [1.54, 1.807) is 6.20 Å². The second-order valence-corrected chi connectivity index (χ2v) is 5.62. The fourth-order valence-corrected chi connectivity index (χ4v) is 2.31. The van der Waals surface area contributed by atoms with Crippen LogP contribution in [0.25, 0.3) is 0 Å². The zero-order valence-corrected chi connectivity index (χ0v) is 13.7. The van der Waals surface area contributed by atoms with Crippen LogP contribution in [0.3, 0.4) is 0 Å². The van der Waals surface area contributed by atoms with Crippen molar-refractivity contribution in [2.24, 2.45) is 0 Å². The number of rotatable bonds is 4. The summed E-state index contributed by atoms with van der Waals surface area (Å²) in [4.78, 5) is 8.45. The molecule has 6 heteroatoms. The third-order valence-electron chi connectivity index (χ3n) is 2.34. The molecule has 0 spiro atoms. The van der Waals surface area contributed by atoms with E-state index in [4.69, 9.17) is 4.74 Å². The number of ether oxygens (including phenoxy) is 1. The Kier molecular flexibility index (Phi) is 4.76. The van der Waals surface area contributed by atoms with Gasteiger partial charge in [0.25, 0.3) is 0 Å². The average molecular weight is 387 g/mol. The van der Waals surface area contributed by atoms with Gasteiger partial charge in [-0.25, -0.2) is 4.98 Å². The van der Waals surface area contributed by atoms with E-state index in [9.17, 15) is 0 Å². The lowest BCUT2D eigenvalue weighted by molar-refractivity contribution is 0.456. The van der Waals surface area contributed by atoms with Crippen molar-refractivity contribution in [3.05, 3.63) is 38.9 Å². The number of halogens is 2. The van der Waals surface area contributed by atoms with Gasteiger partial charge in [0.15, 0.2) is 0 Å². The minimum absolute atomic E-state index is 0.482. The Labute approximate surface area is 128 Å². The van der Waals surface area contributed by atoms with Crippen LogP contribution in [0, 0.1) is 6.92 Å². The lowest BCUT2D eigenvalue weighted by atomic mass is 10.2. The van der Waals surface area contributed by atoms with Crippen LogP contribution in [0.1, 0.15) is 12.5 Å². The number of anilines is 1. The smallest absolute Gasteiger partial charge is 0.238 e. The quantitative estimate of drug-likeness (QED) is 0.838. The highest BCUT2D eigenvalue weighted by Crippen LogP contribution is 2.33. The molecular weight excluding hydrogens is 374 g/mol. The van der Waals surface area contributed by atoms with Gasteiger partial charge in [0.05, 0.1) is 15.1 Å². The molecule has 0 amide bonds. The molecular formula is C13H13Br2N3O. The van der Waals surface area contributed by atoms with E-state index < -0.39 is 0 Å². The maximum Gasteiger partial charge on any atom is 0.238 e. The van der Waals surface area contributed by atoms with Crippen LogP contribution in [-0.2, 0) is 0 Å². The number of hydrogen-bond acceptors (Lipinski definition) is 4. The van der Waals surface area contributed by atoms with E-state index in [0.29, 0.717) is 22.1 Å². The van der Waals surface area contributed by atoms with Gasteiger partial charge in [-0.05, 0) is 63.4 Å². The molecule has 0 fully saturated rings. The van der Waals surface area contributed by atoms with Gasteiger partial charge in [-0.1, -0.05) is 6.07 Å². The first-order valence-electron chi connectivity index (χ1n) is 5.80. The fraction of sp³-hybridized carbons (Fsp3) is 0.231. The summed E-state index contributed by atoms with van der Waals surface area (Å²) in [6, 6.07) is 5.89. The first kappa shape index (κ1) is 14.3. The van der Waals surface area contributed by atoms with Crippen molar-refractivity contribution < 1.29 is 4.74 Å². The minimum atomic E-state index is 0.482. The third-order valence-corrected chi connectivity index (χ3v) is 3.50. The van der Waals surface area contributed by atoms with E-state index in [0.717, 1.165) is 16.6 Å². The molecule has 2 rings (SSSR count). The van der Waals surface area contributed by atoms with E-state index in [1.807, 2.05) is 32.0 Å². The largest absolute Gasteiger partial charge is 0.437 e. The Hall–Kier alpha value is -1.14. The van der Waals surface area contributed by atoms with Crippen molar-refractivity contribution in [2.45, 2.75) is 13.8 Å². The monoisotopic (exact) mass is 385 g/mol. The maximum atomic E-state index is 5.80. The predicted octanol–water partition coefficient (Wildman–Crippen LogP) is 4.53. The summed E-state index contributed by atoms with van der Waals surface area (Å²) in [6.07, 6.45) is 1.67. The second-order valence-electron chi connectivity index (χ2n) is 3.91. The van der Waals surface area contributed by atoms with Crippen LogP contribution >= 0.6 is 31.9 Å². The van der Waals surface area contributed by atoms with Gasteiger partial charge < -0.3 is 10.1 Å². The Bertz CT molecular complexity index is 590. The van der Waals surface area contributed by atoms with Crippen molar-refractivity contribution in [3.63, 3.8) is 0 Å². The summed E-state index contributed by atoms with van der Waals surface area (Å²) >= 11 is 6.86. The predicted molar refractivity (Wildman–Crippen MR) is 82.8 cm³/mol. The van der Waals surface area contributed by atoms with Gasteiger partial charge in [0, 0.05) is 6.54 Å². The molecule has 0 saturated heterocycles. The molecule has 0 saturated carbocycles. The fourth-order valence-electron chi connectivity index (χ4n) is 1.46. The molecule has 0 radical (unpaired) electrons. The van der Waals surface area contributed by atoms with Crippen molar-refractivity contribution in [2.75, 3.05) is 11.9 Å². The lowest BCUT2D eigenvalue weighted by Crippen LogP contribution is -2.03. The first-order valence-corrected chi connectivity index (χ1v) is 7.39. The maximum absolute atomic E-state index is 5.80. The van der Waals surface area contributed by atoms with Gasteiger partial charge in [-0.2, -0.15) is 4.98 Å². The molecule has 1 aromatic heterocycles. The molecule has 2 aromatic rings. The number of nitrogens with one attached hydrogen (secondary N) is 1. The van der Waals surface area contributed by atoms with Crippen LogP contribution in [0.4, 0.5) is 5.95 Å². The number of aryl methyl sites for hydroxylation is 1. The van der Waals surface area contributed by atoms with Crippen molar-refractivity contribution in [3.8, 4) is 11.6 Å². The van der Waals surface area contributed by atoms with Gasteiger partial charge in [-0.15, -0.1) is 0 Å². The van der Waals surface area contributed by atoms with Crippen molar-refractivity contribution in [1.82, 2.24) is 9.97 Å². The molecule has 0 aliphatic rings. The molecule has 4 nitrogen and oxygen atoms in total. The topological polar surface area (TPSA) is 47.0 Å². The third kappa shape index (κ3) is 3.67. The standard InChI is InChI=1S/C13H13Br2N3O/c1-3-16-13-17-7-10(15)12(18-13)19-11-5-4-8(2)6-9(11)14/h4-7H,3H2,1-2H3,(H,16,17,18). The Morgan fingerprint density at radius 2 is 2.05 bits per heavy atom. The molecule has 0 atom stereocenters. The molecule has 1 heterocycles. The molecule has 1 aromatic carbocycles. The Morgan fingerprint density at radius 3 is 2.74 bits per heavy atom. The Balaban J connectivity index is 2.29. The van der Waals surface area contributed by atoms with Crippen molar-refractivity contribution in [1.29, 1.82) is 0 Å². The van der Waals surface area contributed by atoms with Crippen molar-refractivity contribution >= 4 is 37.8 Å². The van der Waals surface area contributed by atoms with Gasteiger partial charge in [0.2, 0.25) is 11.8 Å². The minimum Gasteiger partial charge on any atom is -0.437 e. The molecule has 1 N–H and O–H groups in total. The SMILES string of the molecule is CCNc1ncc(Br)c(Oc2ccc(C)cc2Br)n1. The summed E-state index contributed by atoms with van der Waals surface area (Å²) < 4.78 is 7.40. The van der Waals surface area contributed by atoms with Gasteiger partial charge in [-0.3, -0.25) is 0 Å². The van der Waals surface area contributed by atoms with E-state index in [-0.39, 0.29) is 0 Å². The van der Waals surface area contributed by atoms with Crippen LogP contribution in [0.2, 0.25) is 0 Å². The zero-order valence-electron chi connectivity index (χ0n) is 10.6. The molecule has 0 aliphatic heterocycles. The normalized spacial score (nSPS) is 10.3. The molecule has 0 bridgehead atoms. The lowest BCUT2D eigenvalue weighted by Gasteiger charge is -2.10. The zero-order chi connectivity index (χ0) is 13.8. The molecule has 19 heavy (non-hydrogen) atoms. The van der Waals surface area contributed by atoms with Crippen LogP contribution < -0.4 is 10.1 Å². The molecule has 0 unspecified atom stereocenters. The Morgan fingerprint density at radius 1 is 1.26 bits per heavy atom. The number of aromatic nitrogens is 2. The summed E-state index contributed by atoms with van der Waals surface area (Å²) in [5, 5.41) is 3.05. The van der Waals surface area contributed by atoms with Crippen LogP contribution in [0.15, 0.2) is 33.3 Å². The molecule has 0 aliphatic carbocycles. The first-order chi connectivity index (χ1) is 9.10. The summed E-state index contributed by atoms with van der Waals surface area (Å²) in [7, 11) is 0. The number of benzene rings is 1. The van der Waals surface area contributed by atoms with Gasteiger partial charge in [0.1, 0.15) is 5.75 Å². The molecule has 100 valence electrons. The average Bonchev–Trinajstić information content (AvgIpc) is 2.37. The van der Waals surface area contributed by atoms with E-state index in [2.05, 4.69) is 47.1 Å². The summed E-state index contributed by atoms with van der Waals surface area (Å²) in [5.41, 5.74) is 1.16. The summed E-state index contributed by atoms with van der Waals surface area (Å²) in [6.45, 7) is 4.77. The van der Waals surface area contributed by atoms with Gasteiger partial charge >= 0.3 is 0 Å². The second kappa shape index (κ2) is 6.34. The highest BCUT2D eigenvalue weighted by molar-refractivity contribution is 9.11.